The van der Waals surface area contributed by atoms with E-state index in [1.165, 1.54) is 0 Å². The molecule has 1 aromatic rings. The van der Waals surface area contributed by atoms with Crippen molar-refractivity contribution in [2.45, 2.75) is 96.4 Å². The number of alkyl carbamates (subject to hydrolysis) is 1. The number of urea groups is 1. The van der Waals surface area contributed by atoms with E-state index in [0.29, 0.717) is 31.4 Å². The van der Waals surface area contributed by atoms with Crippen LogP contribution in [-0.2, 0) is 16.0 Å². The fraction of sp³-hybridized carbons (Fsp3) is 0.833. The molecule has 3 amide bonds. The van der Waals surface area contributed by atoms with Gasteiger partial charge in [-0.05, 0) is 52.9 Å². The van der Waals surface area contributed by atoms with Crippen LogP contribution < -0.4 is 5.32 Å². The van der Waals surface area contributed by atoms with Gasteiger partial charge in [0.05, 0.1) is 12.6 Å². The molecule has 2 bridgehead atoms. The van der Waals surface area contributed by atoms with Crippen molar-refractivity contribution in [3.63, 3.8) is 0 Å². The SMILES string of the molecule is CCCCON1C(=O)N2C[C@@H]1CC[C@H]2c1nnc(CCN2CCC(NC(=O)OC(C)(C)C)CC2)o1. The fourth-order valence-electron chi connectivity index (χ4n) is 4.89. The average Bonchev–Trinajstić information content (AvgIpc) is 3.37. The van der Waals surface area contributed by atoms with Crippen LogP contribution in [0.3, 0.4) is 0 Å². The standard InChI is InChI=1S/C24H40N6O5/c1-5-6-15-33-30-18-7-8-19(29(16-18)23(30)32)21-27-26-20(34-21)11-14-28-12-9-17(10-13-28)25-22(31)35-24(2,3)4/h17-19H,5-16H2,1-4H3,(H,25,31)/t18-,19-/m0/s1. The molecule has 11 heteroatoms. The minimum Gasteiger partial charge on any atom is -0.444 e. The summed E-state index contributed by atoms with van der Waals surface area (Å²) in [5, 5.41) is 13.1. The molecule has 196 valence electrons. The fourth-order valence-corrected chi connectivity index (χ4v) is 4.89. The number of amides is 3. The van der Waals surface area contributed by atoms with Gasteiger partial charge in [-0.25, -0.2) is 9.59 Å². The van der Waals surface area contributed by atoms with Crippen LogP contribution in [0, 0.1) is 0 Å². The molecule has 4 rings (SSSR count). The predicted octanol–water partition coefficient (Wildman–Crippen LogP) is 3.27. The van der Waals surface area contributed by atoms with Crippen molar-refractivity contribution in [3.8, 4) is 0 Å². The molecule has 0 unspecified atom stereocenters. The third-order valence-corrected chi connectivity index (χ3v) is 6.77. The number of rotatable bonds is 9. The van der Waals surface area contributed by atoms with Gasteiger partial charge >= 0.3 is 12.1 Å². The molecule has 4 heterocycles. The maximum Gasteiger partial charge on any atom is 0.407 e. The number of likely N-dealkylation sites (tertiary alicyclic amines) is 1. The molecule has 35 heavy (non-hydrogen) atoms. The van der Waals surface area contributed by atoms with E-state index in [9.17, 15) is 9.59 Å². The number of hydrogen-bond donors (Lipinski definition) is 1. The number of nitrogens with zero attached hydrogens (tertiary/aromatic N) is 5. The van der Waals surface area contributed by atoms with Crippen molar-refractivity contribution in [1.82, 2.24) is 30.4 Å². The Kier molecular flexibility index (Phi) is 8.16. The summed E-state index contributed by atoms with van der Waals surface area (Å²) in [5.41, 5.74) is -0.489. The van der Waals surface area contributed by atoms with Crippen LogP contribution in [-0.4, -0.2) is 87.7 Å². The second-order valence-corrected chi connectivity index (χ2v) is 10.7. The highest BCUT2D eigenvalue weighted by atomic mass is 16.7. The van der Waals surface area contributed by atoms with Crippen LogP contribution in [0.25, 0.3) is 0 Å². The number of ether oxygens (including phenoxy) is 1. The van der Waals surface area contributed by atoms with Crippen LogP contribution in [0.4, 0.5) is 9.59 Å². The number of piperidine rings is 2. The number of fused-ring (bicyclic) bond motifs is 2. The number of carbonyl (C=O) groups is 2. The second-order valence-electron chi connectivity index (χ2n) is 10.7. The first-order chi connectivity index (χ1) is 16.7. The molecular weight excluding hydrogens is 452 g/mol. The highest BCUT2D eigenvalue weighted by molar-refractivity contribution is 5.77. The number of hydrogen-bond acceptors (Lipinski definition) is 8. The highest BCUT2D eigenvalue weighted by Crippen LogP contribution is 2.38. The van der Waals surface area contributed by atoms with Crippen LogP contribution in [0.15, 0.2) is 4.42 Å². The number of unbranched alkanes of at least 4 members (excludes halogenated alkanes) is 1. The van der Waals surface area contributed by atoms with Crippen LogP contribution in [0.5, 0.6) is 0 Å². The Morgan fingerprint density at radius 1 is 1.17 bits per heavy atom. The van der Waals surface area contributed by atoms with E-state index in [1.54, 1.807) is 9.96 Å². The lowest BCUT2D eigenvalue weighted by Gasteiger charge is -2.32. The Labute approximate surface area is 207 Å². The summed E-state index contributed by atoms with van der Waals surface area (Å²) in [7, 11) is 0. The molecule has 3 saturated heterocycles. The zero-order valence-corrected chi connectivity index (χ0v) is 21.5. The Balaban J connectivity index is 1.21. The predicted molar refractivity (Wildman–Crippen MR) is 127 cm³/mol. The molecule has 1 aromatic heterocycles. The van der Waals surface area contributed by atoms with Crippen molar-refractivity contribution in [1.29, 1.82) is 0 Å². The quantitative estimate of drug-likeness (QED) is 0.523. The van der Waals surface area contributed by atoms with Crippen molar-refractivity contribution in [2.75, 3.05) is 32.8 Å². The summed E-state index contributed by atoms with van der Waals surface area (Å²) >= 11 is 0. The molecule has 11 nitrogen and oxygen atoms in total. The summed E-state index contributed by atoms with van der Waals surface area (Å²) in [6.45, 7) is 11.5. The number of carbonyl (C=O) groups excluding carboxylic acids is 2. The Morgan fingerprint density at radius 2 is 1.94 bits per heavy atom. The first-order valence-corrected chi connectivity index (χ1v) is 13.0. The van der Waals surface area contributed by atoms with Crippen molar-refractivity contribution in [3.05, 3.63) is 11.8 Å². The number of aromatic nitrogens is 2. The Morgan fingerprint density at radius 3 is 2.66 bits per heavy atom. The molecular formula is C24H40N6O5. The van der Waals surface area contributed by atoms with E-state index in [1.807, 2.05) is 20.8 Å². The van der Waals surface area contributed by atoms with Gasteiger partial charge in [-0.15, -0.1) is 10.2 Å². The minimum absolute atomic E-state index is 0.101. The summed E-state index contributed by atoms with van der Waals surface area (Å²) in [5.74, 6) is 1.11. The maximum atomic E-state index is 12.9. The van der Waals surface area contributed by atoms with Gasteiger partial charge in [0.1, 0.15) is 11.6 Å². The summed E-state index contributed by atoms with van der Waals surface area (Å²) in [4.78, 5) is 34.8. The van der Waals surface area contributed by atoms with Crippen molar-refractivity contribution in [2.24, 2.45) is 0 Å². The van der Waals surface area contributed by atoms with E-state index < -0.39 is 5.60 Å². The van der Waals surface area contributed by atoms with Gasteiger partial charge in [0.25, 0.3) is 0 Å². The molecule has 3 fully saturated rings. The number of hydroxylamine groups is 2. The molecule has 0 radical (unpaired) electrons. The topological polar surface area (TPSA) is 113 Å². The first kappa shape index (κ1) is 25.7. The van der Waals surface area contributed by atoms with Gasteiger partial charge in [0.15, 0.2) is 0 Å². The van der Waals surface area contributed by atoms with Gasteiger partial charge < -0.3 is 24.3 Å². The second kappa shape index (κ2) is 11.1. The van der Waals surface area contributed by atoms with E-state index >= 15 is 0 Å². The largest absolute Gasteiger partial charge is 0.444 e. The van der Waals surface area contributed by atoms with Gasteiger partial charge in [-0.1, -0.05) is 13.3 Å². The van der Waals surface area contributed by atoms with Crippen LogP contribution >= 0.6 is 0 Å². The Hall–Kier alpha value is -2.40. The highest BCUT2D eigenvalue weighted by Gasteiger charge is 2.47. The lowest BCUT2D eigenvalue weighted by atomic mass is 10.0. The third kappa shape index (κ3) is 6.63. The van der Waals surface area contributed by atoms with Crippen LogP contribution in [0.2, 0.25) is 0 Å². The lowest BCUT2D eigenvalue weighted by Crippen LogP contribution is -2.46. The first-order valence-electron chi connectivity index (χ1n) is 13.0. The van der Waals surface area contributed by atoms with Gasteiger partial charge in [0.2, 0.25) is 11.8 Å². The number of nitrogens with one attached hydrogen (secondary N) is 1. The summed E-state index contributed by atoms with van der Waals surface area (Å²) < 4.78 is 11.3. The van der Waals surface area contributed by atoms with Gasteiger partial charge in [-0.2, -0.15) is 5.06 Å². The van der Waals surface area contributed by atoms with Gasteiger partial charge in [0, 0.05) is 38.6 Å². The zero-order chi connectivity index (χ0) is 25.0. The van der Waals surface area contributed by atoms with Crippen molar-refractivity contribution < 1.29 is 23.6 Å². The molecule has 0 spiro atoms. The molecule has 0 saturated carbocycles. The Bertz CT molecular complexity index is 863. The normalized spacial score (nSPS) is 23.7. The molecule has 0 aromatic carbocycles. The molecule has 2 atom stereocenters. The minimum atomic E-state index is -0.489. The molecule has 1 N–H and O–H groups in total. The third-order valence-electron chi connectivity index (χ3n) is 6.77. The van der Waals surface area contributed by atoms with Crippen molar-refractivity contribution >= 4 is 12.1 Å². The smallest absolute Gasteiger partial charge is 0.407 e. The van der Waals surface area contributed by atoms with Crippen LogP contribution in [0.1, 0.15) is 84.0 Å². The lowest BCUT2D eigenvalue weighted by molar-refractivity contribution is -0.130. The molecule has 3 aliphatic rings. The van der Waals surface area contributed by atoms with E-state index in [-0.39, 0.29) is 30.2 Å². The zero-order valence-electron chi connectivity index (χ0n) is 21.5. The van der Waals surface area contributed by atoms with E-state index in [2.05, 4.69) is 27.3 Å². The summed E-state index contributed by atoms with van der Waals surface area (Å²) in [6, 6.07) is -0.0499. The maximum absolute atomic E-state index is 12.9. The molecule has 3 aliphatic heterocycles. The molecule has 0 aliphatic carbocycles. The van der Waals surface area contributed by atoms with Gasteiger partial charge in [-0.3, -0.25) is 4.84 Å². The van der Waals surface area contributed by atoms with E-state index in [0.717, 1.165) is 58.2 Å². The van der Waals surface area contributed by atoms with E-state index in [4.69, 9.17) is 14.0 Å². The summed E-state index contributed by atoms with van der Waals surface area (Å²) in [6.07, 6.45) is 5.70. The average molecular weight is 493 g/mol. The monoisotopic (exact) mass is 492 g/mol.